The van der Waals surface area contributed by atoms with Crippen LogP contribution in [0.4, 0.5) is 34.1 Å². The van der Waals surface area contributed by atoms with E-state index in [2.05, 4.69) is 15.5 Å². The lowest BCUT2D eigenvalue weighted by Crippen LogP contribution is -2.64. The van der Waals surface area contributed by atoms with Crippen LogP contribution in [0.2, 0.25) is 5.02 Å². The summed E-state index contributed by atoms with van der Waals surface area (Å²) in [5.41, 5.74) is 5.78. The molecule has 0 aliphatic carbocycles. The van der Waals surface area contributed by atoms with Gasteiger partial charge in [0.1, 0.15) is 0 Å². The van der Waals surface area contributed by atoms with Crippen molar-refractivity contribution in [2.75, 3.05) is 96.7 Å². The Balaban J connectivity index is 1.06. The summed E-state index contributed by atoms with van der Waals surface area (Å²) in [7, 11) is 1.84. The lowest BCUT2D eigenvalue weighted by atomic mass is 10.0. The topological polar surface area (TPSA) is 153 Å². The fourth-order valence-electron chi connectivity index (χ4n) is 7.79. The standard InChI is InChI=1S/C38H50ClF3N8O6/c1-44-10-4-18-55-33(51)24-46-22-28(23-46)47-14-16-48(17-15-47)35(52)32(21-25-19-29(38(40,41)42)34(43)30(39)20-25)56-37(54)49-11-8-27(9-12-49)50-13-7-26-5-2-3-6-31(26)45-36(50)53/h2-3,5-6,19-20,27-28,32,44H,4,7-18,21-24,43H2,1H3,(H,45,53)/t32-/m1/s1. The van der Waals surface area contributed by atoms with Crippen LogP contribution in [-0.4, -0.2) is 152 Å². The molecule has 306 valence electrons. The third kappa shape index (κ3) is 10.2. The molecule has 2 aromatic carbocycles. The van der Waals surface area contributed by atoms with Crippen molar-refractivity contribution in [1.29, 1.82) is 0 Å². The molecule has 0 aromatic heterocycles. The van der Waals surface area contributed by atoms with Gasteiger partial charge in [-0.05, 0) is 68.6 Å². The highest BCUT2D eigenvalue weighted by Gasteiger charge is 2.39. The van der Waals surface area contributed by atoms with E-state index in [1.807, 2.05) is 36.2 Å². The number of carbonyl (C=O) groups is 4. The molecule has 0 unspecified atom stereocenters. The van der Waals surface area contributed by atoms with Crippen LogP contribution in [0.15, 0.2) is 36.4 Å². The molecular weight excluding hydrogens is 757 g/mol. The second-order valence-electron chi connectivity index (χ2n) is 14.7. The normalized spacial score (nSPS) is 19.4. The summed E-state index contributed by atoms with van der Waals surface area (Å²) in [6.07, 6.45) is -4.93. The molecule has 3 fully saturated rings. The van der Waals surface area contributed by atoms with Gasteiger partial charge in [0.05, 0.1) is 29.4 Å². The number of alkyl halides is 3. The Morgan fingerprint density at radius 2 is 1.71 bits per heavy atom. The zero-order valence-corrected chi connectivity index (χ0v) is 32.2. The number of urea groups is 1. The molecule has 56 heavy (non-hydrogen) atoms. The number of fused-ring (bicyclic) bond motifs is 1. The maximum atomic E-state index is 14.1. The van der Waals surface area contributed by atoms with Crippen molar-refractivity contribution in [3.05, 3.63) is 58.1 Å². The predicted octanol–water partition coefficient (Wildman–Crippen LogP) is 3.52. The number of para-hydroxylation sites is 1. The lowest BCUT2D eigenvalue weighted by molar-refractivity contribution is -0.148. The molecule has 4 heterocycles. The van der Waals surface area contributed by atoms with Gasteiger partial charge in [0.15, 0.2) is 6.10 Å². The molecule has 0 saturated carbocycles. The van der Waals surface area contributed by atoms with Gasteiger partial charge in [-0.3, -0.25) is 19.4 Å². The maximum Gasteiger partial charge on any atom is 0.418 e. The van der Waals surface area contributed by atoms with Crippen LogP contribution in [-0.2, 0) is 38.1 Å². The van der Waals surface area contributed by atoms with Gasteiger partial charge in [-0.2, -0.15) is 13.2 Å². The van der Waals surface area contributed by atoms with Crippen molar-refractivity contribution in [2.24, 2.45) is 0 Å². The summed E-state index contributed by atoms with van der Waals surface area (Å²) in [6, 6.07) is 9.63. The quantitative estimate of drug-likeness (QED) is 0.165. The number of esters is 1. The van der Waals surface area contributed by atoms with Gasteiger partial charge >= 0.3 is 24.3 Å². The Hall–Kier alpha value is -4.32. The molecular formula is C38H50ClF3N8O6. The Kier molecular flexibility index (Phi) is 13.5. The van der Waals surface area contributed by atoms with Crippen LogP contribution in [0.5, 0.6) is 0 Å². The number of nitrogen functional groups attached to an aromatic ring is 1. The van der Waals surface area contributed by atoms with Gasteiger partial charge < -0.3 is 40.5 Å². The highest BCUT2D eigenvalue weighted by Crippen LogP contribution is 2.38. The number of nitrogens with one attached hydrogen (secondary N) is 2. The predicted molar refractivity (Wildman–Crippen MR) is 203 cm³/mol. The van der Waals surface area contributed by atoms with Crippen molar-refractivity contribution >= 4 is 47.0 Å². The number of likely N-dealkylation sites (tertiary alicyclic amines) is 2. The number of carbonyl (C=O) groups excluding carboxylic acids is 4. The summed E-state index contributed by atoms with van der Waals surface area (Å²) in [5, 5.41) is 5.67. The van der Waals surface area contributed by atoms with Crippen LogP contribution in [0.1, 0.15) is 36.0 Å². The first kappa shape index (κ1) is 41.3. The molecule has 14 nitrogen and oxygen atoms in total. The zero-order chi connectivity index (χ0) is 40.0. The number of anilines is 2. The molecule has 4 amide bonds. The van der Waals surface area contributed by atoms with Gasteiger partial charge in [0.25, 0.3) is 5.91 Å². The second kappa shape index (κ2) is 18.3. The second-order valence-corrected chi connectivity index (χ2v) is 15.2. The molecule has 4 aliphatic rings. The highest BCUT2D eigenvalue weighted by molar-refractivity contribution is 6.33. The van der Waals surface area contributed by atoms with E-state index >= 15 is 0 Å². The number of hydrogen-bond donors (Lipinski definition) is 3. The van der Waals surface area contributed by atoms with Crippen molar-refractivity contribution < 1.29 is 41.8 Å². The Bertz CT molecular complexity index is 1730. The van der Waals surface area contributed by atoms with Crippen molar-refractivity contribution in [3.8, 4) is 0 Å². The van der Waals surface area contributed by atoms with Crippen LogP contribution < -0.4 is 16.4 Å². The fourth-order valence-corrected chi connectivity index (χ4v) is 8.03. The van der Waals surface area contributed by atoms with Crippen molar-refractivity contribution in [2.45, 2.75) is 56.5 Å². The smallest absolute Gasteiger partial charge is 0.418 e. The monoisotopic (exact) mass is 806 g/mol. The maximum absolute atomic E-state index is 14.1. The summed E-state index contributed by atoms with van der Waals surface area (Å²) < 4.78 is 52.7. The number of piperidine rings is 1. The molecule has 0 radical (unpaired) electrons. The molecule has 6 rings (SSSR count). The van der Waals surface area contributed by atoms with E-state index in [-0.39, 0.29) is 60.7 Å². The Labute approximate surface area is 329 Å². The summed E-state index contributed by atoms with van der Waals surface area (Å²) in [6.45, 7) is 5.48. The third-order valence-electron chi connectivity index (χ3n) is 11.0. The largest absolute Gasteiger partial charge is 0.465 e. The van der Waals surface area contributed by atoms with E-state index in [1.165, 1.54) is 11.0 Å². The molecule has 3 saturated heterocycles. The number of rotatable bonds is 12. The molecule has 4 N–H and O–H groups in total. The first-order valence-electron chi connectivity index (χ1n) is 19.1. The number of amides is 4. The number of hydrogen-bond acceptors (Lipinski definition) is 10. The van der Waals surface area contributed by atoms with E-state index in [1.54, 1.807) is 9.80 Å². The summed E-state index contributed by atoms with van der Waals surface area (Å²) in [5.74, 6) is -0.785. The molecule has 4 aliphatic heterocycles. The average Bonchev–Trinajstić information content (AvgIpc) is 3.33. The minimum atomic E-state index is -4.79. The van der Waals surface area contributed by atoms with Crippen LogP contribution in [0, 0.1) is 0 Å². The Morgan fingerprint density at radius 3 is 2.41 bits per heavy atom. The highest BCUT2D eigenvalue weighted by atomic mass is 35.5. The first-order chi connectivity index (χ1) is 26.8. The molecule has 0 bridgehead atoms. The van der Waals surface area contributed by atoms with Gasteiger partial charge in [-0.15, -0.1) is 0 Å². The van der Waals surface area contributed by atoms with Crippen LogP contribution >= 0.6 is 11.6 Å². The van der Waals surface area contributed by atoms with E-state index in [9.17, 15) is 32.3 Å². The van der Waals surface area contributed by atoms with Gasteiger partial charge in [-0.1, -0.05) is 29.8 Å². The molecule has 2 aromatic rings. The minimum absolute atomic E-state index is 0.0447. The van der Waals surface area contributed by atoms with Gasteiger partial charge in [0, 0.05) is 83.1 Å². The van der Waals surface area contributed by atoms with E-state index in [0.29, 0.717) is 71.7 Å². The number of ether oxygens (including phenoxy) is 2. The average molecular weight is 807 g/mol. The fraction of sp³-hybridized carbons (Fsp3) is 0.579. The SMILES string of the molecule is CNCCCOC(=O)CN1CC(N2CCN(C(=O)[C@@H](Cc3cc(Cl)c(N)c(C(F)(F)F)c3)OC(=O)N3CCC(N4CCc5ccccc5NC4=O)CC3)CC2)C1. The first-order valence-corrected chi connectivity index (χ1v) is 19.5. The number of nitrogens with two attached hydrogens (primary N) is 1. The van der Waals surface area contributed by atoms with Gasteiger partial charge in [0.2, 0.25) is 0 Å². The van der Waals surface area contributed by atoms with Crippen molar-refractivity contribution in [1.82, 2.24) is 29.8 Å². The molecule has 1 atom stereocenters. The lowest BCUT2D eigenvalue weighted by Gasteiger charge is -2.48. The number of nitrogens with zero attached hydrogens (tertiary/aromatic N) is 5. The Morgan fingerprint density at radius 1 is 1.00 bits per heavy atom. The van der Waals surface area contributed by atoms with Gasteiger partial charge in [-0.25, -0.2) is 9.59 Å². The summed E-state index contributed by atoms with van der Waals surface area (Å²) >= 11 is 6.12. The van der Waals surface area contributed by atoms with E-state index < -0.39 is 35.5 Å². The number of benzene rings is 2. The van der Waals surface area contributed by atoms with Crippen molar-refractivity contribution in [3.63, 3.8) is 0 Å². The van der Waals surface area contributed by atoms with E-state index in [4.69, 9.17) is 26.8 Å². The minimum Gasteiger partial charge on any atom is -0.465 e. The number of piperazine rings is 1. The van der Waals surface area contributed by atoms with E-state index in [0.717, 1.165) is 30.3 Å². The summed E-state index contributed by atoms with van der Waals surface area (Å²) in [4.78, 5) is 62.0. The van der Waals surface area contributed by atoms with Crippen LogP contribution in [0.3, 0.4) is 0 Å². The third-order valence-corrected chi connectivity index (χ3v) is 11.3. The molecule has 18 heteroatoms. The number of halogens is 4. The van der Waals surface area contributed by atoms with Crippen LogP contribution in [0.25, 0.3) is 0 Å². The molecule has 0 spiro atoms. The zero-order valence-electron chi connectivity index (χ0n) is 31.5.